The molecule has 0 bridgehead atoms. The van der Waals surface area contributed by atoms with Gasteiger partial charge in [-0.25, -0.2) is 9.59 Å². The molecule has 1 aliphatic rings. The third-order valence-corrected chi connectivity index (χ3v) is 3.47. The van der Waals surface area contributed by atoms with E-state index < -0.39 is 18.0 Å². The number of methoxy groups -OCH3 is 1. The van der Waals surface area contributed by atoms with E-state index in [1.165, 1.54) is 19.2 Å². The van der Waals surface area contributed by atoms with Crippen LogP contribution in [-0.4, -0.2) is 30.8 Å². The minimum atomic E-state index is -0.761. The number of carbonyl (C=O) groups excluding carboxylic acids is 2. The fourth-order valence-electron chi connectivity index (χ4n) is 2.36. The van der Waals surface area contributed by atoms with Crippen LogP contribution in [0.2, 0.25) is 0 Å². The number of esters is 1. The summed E-state index contributed by atoms with van der Waals surface area (Å²) in [4.78, 5) is 24.1. The van der Waals surface area contributed by atoms with Gasteiger partial charge >= 0.3 is 12.0 Å². The lowest BCUT2D eigenvalue weighted by molar-refractivity contribution is -0.139. The molecule has 8 nitrogen and oxygen atoms in total. The van der Waals surface area contributed by atoms with Crippen LogP contribution < -0.4 is 15.4 Å². The Labute approximate surface area is 138 Å². The van der Waals surface area contributed by atoms with Gasteiger partial charge in [-0.3, -0.25) is 0 Å². The number of nitrogens with one attached hydrogen (secondary N) is 2. The van der Waals surface area contributed by atoms with E-state index in [0.717, 1.165) is 0 Å². The summed E-state index contributed by atoms with van der Waals surface area (Å²) in [6.07, 6.45) is 0.0789. The van der Waals surface area contributed by atoms with Crippen molar-refractivity contribution >= 4 is 12.0 Å². The van der Waals surface area contributed by atoms with Crippen LogP contribution in [0.3, 0.4) is 0 Å². The number of allylic oxidation sites excluding steroid dienone is 1. The van der Waals surface area contributed by atoms with Crippen molar-refractivity contribution in [3.05, 3.63) is 35.0 Å². The van der Waals surface area contributed by atoms with E-state index in [2.05, 4.69) is 10.6 Å². The van der Waals surface area contributed by atoms with Crippen LogP contribution in [0.5, 0.6) is 11.5 Å². The van der Waals surface area contributed by atoms with Gasteiger partial charge in [-0.05, 0) is 24.6 Å². The van der Waals surface area contributed by atoms with E-state index in [1.807, 2.05) is 6.07 Å². The lowest BCUT2D eigenvalue weighted by atomic mass is 9.95. The molecule has 0 radical (unpaired) electrons. The molecule has 1 heterocycles. The molecule has 1 aromatic rings. The SMILES string of the molecule is COc1cc(C2NC(=O)NC(C)=C2C(=O)OCCC#N)ccc1O. The van der Waals surface area contributed by atoms with Crippen LogP contribution in [0, 0.1) is 11.3 Å². The van der Waals surface area contributed by atoms with Gasteiger partial charge in [0.05, 0.1) is 31.2 Å². The number of amides is 2. The molecule has 3 N–H and O–H groups in total. The second-order valence-corrected chi connectivity index (χ2v) is 5.05. The Morgan fingerprint density at radius 1 is 1.46 bits per heavy atom. The molecular weight excluding hydrogens is 314 g/mol. The first kappa shape index (κ1) is 17.1. The predicted octanol–water partition coefficient (Wildman–Crippen LogP) is 1.49. The van der Waals surface area contributed by atoms with Crippen molar-refractivity contribution in [1.82, 2.24) is 10.6 Å². The number of phenols is 1. The number of urea groups is 1. The van der Waals surface area contributed by atoms with E-state index in [0.29, 0.717) is 11.3 Å². The van der Waals surface area contributed by atoms with E-state index in [1.54, 1.807) is 13.0 Å². The van der Waals surface area contributed by atoms with Crippen LogP contribution in [0.15, 0.2) is 29.5 Å². The maximum Gasteiger partial charge on any atom is 0.338 e. The maximum atomic E-state index is 12.3. The third-order valence-electron chi connectivity index (χ3n) is 3.47. The molecular formula is C16H17N3O5. The van der Waals surface area contributed by atoms with Gasteiger partial charge in [-0.15, -0.1) is 0 Å². The minimum Gasteiger partial charge on any atom is -0.504 e. The lowest BCUT2D eigenvalue weighted by Crippen LogP contribution is -2.45. The number of aromatic hydroxyl groups is 1. The standard InChI is InChI=1S/C16H17N3O5/c1-9-13(15(21)24-7-3-6-17)14(19-16(22)18-9)10-4-5-11(20)12(8-10)23-2/h4-5,8,14,20H,3,7H2,1-2H3,(H2,18,19,22). The molecule has 0 aromatic heterocycles. The first-order valence-electron chi connectivity index (χ1n) is 7.17. The van der Waals surface area contributed by atoms with Crippen molar-refractivity contribution in [1.29, 1.82) is 5.26 Å². The molecule has 0 aliphatic carbocycles. The van der Waals surface area contributed by atoms with Crippen LogP contribution >= 0.6 is 0 Å². The van der Waals surface area contributed by atoms with E-state index >= 15 is 0 Å². The Kier molecular flexibility index (Phi) is 5.27. The van der Waals surface area contributed by atoms with Crippen LogP contribution in [0.1, 0.15) is 24.9 Å². The summed E-state index contributed by atoms with van der Waals surface area (Å²) in [5.41, 5.74) is 1.13. The monoisotopic (exact) mass is 331 g/mol. The van der Waals surface area contributed by atoms with Gasteiger partial charge in [-0.1, -0.05) is 6.07 Å². The number of phenolic OH excluding ortho intramolecular Hbond substituents is 1. The normalized spacial score (nSPS) is 16.7. The summed E-state index contributed by atoms with van der Waals surface area (Å²) in [5.74, 6) is -0.470. The Morgan fingerprint density at radius 2 is 2.21 bits per heavy atom. The Morgan fingerprint density at radius 3 is 2.88 bits per heavy atom. The second-order valence-electron chi connectivity index (χ2n) is 5.05. The van der Waals surface area contributed by atoms with Crippen molar-refractivity contribution in [3.8, 4) is 17.6 Å². The number of nitrogens with zero attached hydrogens (tertiary/aromatic N) is 1. The molecule has 1 unspecified atom stereocenters. The van der Waals surface area contributed by atoms with Crippen molar-refractivity contribution in [3.63, 3.8) is 0 Å². The highest BCUT2D eigenvalue weighted by molar-refractivity contribution is 5.95. The average molecular weight is 331 g/mol. The largest absolute Gasteiger partial charge is 0.504 e. The minimum absolute atomic E-state index is 0.0360. The Bertz CT molecular complexity index is 736. The van der Waals surface area contributed by atoms with Crippen molar-refractivity contribution in [2.45, 2.75) is 19.4 Å². The number of ether oxygens (including phenoxy) is 2. The van der Waals surface area contributed by atoms with E-state index in [-0.39, 0.29) is 30.1 Å². The number of carbonyl (C=O) groups is 2. The van der Waals surface area contributed by atoms with E-state index in [4.69, 9.17) is 14.7 Å². The van der Waals surface area contributed by atoms with E-state index in [9.17, 15) is 14.7 Å². The number of nitriles is 1. The number of benzene rings is 1. The van der Waals surface area contributed by atoms with Gasteiger partial charge in [0.25, 0.3) is 0 Å². The average Bonchev–Trinajstić information content (AvgIpc) is 2.54. The quantitative estimate of drug-likeness (QED) is 0.555. The number of hydrogen-bond acceptors (Lipinski definition) is 6. The van der Waals surface area contributed by atoms with Gasteiger partial charge in [-0.2, -0.15) is 5.26 Å². The zero-order valence-corrected chi connectivity index (χ0v) is 13.3. The molecule has 8 heteroatoms. The van der Waals surface area contributed by atoms with Gasteiger partial charge in [0.15, 0.2) is 11.5 Å². The summed E-state index contributed by atoms with van der Waals surface area (Å²) in [6.45, 7) is 1.55. The first-order chi connectivity index (χ1) is 11.5. The zero-order chi connectivity index (χ0) is 17.7. The molecule has 24 heavy (non-hydrogen) atoms. The summed E-state index contributed by atoms with van der Waals surface area (Å²) >= 11 is 0. The Hall–Kier alpha value is -3.21. The molecule has 0 saturated heterocycles. The smallest absolute Gasteiger partial charge is 0.338 e. The Balaban J connectivity index is 2.38. The molecule has 126 valence electrons. The molecule has 2 rings (SSSR count). The summed E-state index contributed by atoms with van der Waals surface area (Å²) in [6, 6.07) is 5.18. The van der Waals surface area contributed by atoms with Crippen LogP contribution in [0.25, 0.3) is 0 Å². The lowest BCUT2D eigenvalue weighted by Gasteiger charge is -2.28. The third kappa shape index (κ3) is 3.57. The first-order valence-corrected chi connectivity index (χ1v) is 7.17. The summed E-state index contributed by atoms with van der Waals surface area (Å²) in [5, 5.41) is 23.4. The van der Waals surface area contributed by atoms with Crippen LogP contribution in [-0.2, 0) is 9.53 Å². The van der Waals surface area contributed by atoms with Crippen molar-refractivity contribution in [2.75, 3.05) is 13.7 Å². The fourth-order valence-corrected chi connectivity index (χ4v) is 2.36. The highest BCUT2D eigenvalue weighted by Gasteiger charge is 2.32. The molecule has 2 amide bonds. The molecule has 0 saturated carbocycles. The number of rotatable bonds is 5. The maximum absolute atomic E-state index is 12.3. The second kappa shape index (κ2) is 7.37. The topological polar surface area (TPSA) is 121 Å². The van der Waals surface area contributed by atoms with Crippen molar-refractivity contribution < 1.29 is 24.2 Å². The summed E-state index contributed by atoms with van der Waals surface area (Å²) < 4.78 is 10.1. The van der Waals surface area contributed by atoms with Gasteiger partial charge < -0.3 is 25.2 Å². The molecule has 0 fully saturated rings. The van der Waals surface area contributed by atoms with Gasteiger partial charge in [0.1, 0.15) is 6.61 Å². The molecule has 1 aliphatic heterocycles. The molecule has 1 atom stereocenters. The molecule has 0 spiro atoms. The zero-order valence-electron chi connectivity index (χ0n) is 13.3. The van der Waals surface area contributed by atoms with Gasteiger partial charge in [0.2, 0.25) is 0 Å². The fraction of sp³-hybridized carbons (Fsp3) is 0.312. The summed E-state index contributed by atoms with van der Waals surface area (Å²) in [7, 11) is 1.40. The number of hydrogen-bond donors (Lipinski definition) is 3. The van der Waals surface area contributed by atoms with Crippen molar-refractivity contribution in [2.24, 2.45) is 0 Å². The molecule has 1 aromatic carbocycles. The van der Waals surface area contributed by atoms with Crippen LogP contribution in [0.4, 0.5) is 4.79 Å². The highest BCUT2D eigenvalue weighted by Crippen LogP contribution is 2.33. The van der Waals surface area contributed by atoms with Gasteiger partial charge in [0, 0.05) is 5.70 Å². The predicted molar refractivity (Wildman–Crippen MR) is 83.0 cm³/mol. The highest BCUT2D eigenvalue weighted by atomic mass is 16.5.